The Morgan fingerprint density at radius 2 is 1.88 bits per heavy atom. The molecule has 7 heteroatoms. The summed E-state index contributed by atoms with van der Waals surface area (Å²) in [4.78, 5) is 12.9. The number of fused-ring (bicyclic) bond motifs is 1. The van der Waals surface area contributed by atoms with E-state index in [0.29, 0.717) is 45.3 Å². The molecule has 3 aromatic rings. The summed E-state index contributed by atoms with van der Waals surface area (Å²) >= 11 is 6.07. The molecule has 0 N–H and O–H groups in total. The molecule has 4 rings (SSSR count). The molecule has 5 nitrogen and oxygen atoms in total. The fraction of sp³-hybridized carbons (Fsp3) is 0.160. The number of allylic oxidation sites excluding steroid dienone is 1. The van der Waals surface area contributed by atoms with Gasteiger partial charge in [0.1, 0.15) is 23.9 Å². The van der Waals surface area contributed by atoms with E-state index in [-0.39, 0.29) is 23.2 Å². The Hall–Kier alpha value is -3.51. The third-order valence-corrected chi connectivity index (χ3v) is 5.51. The third kappa shape index (κ3) is 4.01. The van der Waals surface area contributed by atoms with E-state index in [2.05, 4.69) is 0 Å². The van der Waals surface area contributed by atoms with E-state index < -0.39 is 5.82 Å². The Bertz CT molecular complexity index is 1240. The first-order valence-corrected chi connectivity index (χ1v) is 10.2. The van der Waals surface area contributed by atoms with Crippen LogP contribution < -0.4 is 18.9 Å². The number of carbonyl (C=O) groups is 1. The van der Waals surface area contributed by atoms with Crippen LogP contribution in [0.4, 0.5) is 4.39 Å². The average Bonchev–Trinajstić information content (AvgIpc) is 3.10. The maximum atomic E-state index is 13.3. The molecular weight excluding hydrogens is 435 g/mol. The lowest BCUT2D eigenvalue weighted by atomic mass is 10.1. The summed E-state index contributed by atoms with van der Waals surface area (Å²) in [5, 5.41) is 0.285. The molecule has 0 unspecified atom stereocenters. The fourth-order valence-electron chi connectivity index (χ4n) is 3.49. The van der Waals surface area contributed by atoms with Crippen molar-refractivity contribution in [3.63, 3.8) is 0 Å². The van der Waals surface area contributed by atoms with Crippen LogP contribution in [-0.4, -0.2) is 20.0 Å². The van der Waals surface area contributed by atoms with Crippen molar-refractivity contribution < 1.29 is 28.1 Å². The van der Waals surface area contributed by atoms with E-state index >= 15 is 0 Å². The van der Waals surface area contributed by atoms with E-state index in [1.807, 2.05) is 13.0 Å². The smallest absolute Gasteiger partial charge is 0.231 e. The van der Waals surface area contributed by atoms with Gasteiger partial charge in [-0.05, 0) is 43.3 Å². The standard InChI is InChI=1S/C25H20ClFO5/c1-14-20(31-13-16-7-8-17(27)12-19(16)26)10-9-18-23(28)22(32-24(14)18)11-15-5-4-6-21(29-2)25(15)30-3/h4-12H,13H2,1-3H3/b22-11-. The summed E-state index contributed by atoms with van der Waals surface area (Å²) in [6.07, 6.45) is 1.63. The molecule has 1 aliphatic heterocycles. The van der Waals surface area contributed by atoms with Crippen LogP contribution >= 0.6 is 11.6 Å². The lowest BCUT2D eigenvalue weighted by Crippen LogP contribution is -1.99. The van der Waals surface area contributed by atoms with E-state index in [4.69, 9.17) is 30.5 Å². The highest BCUT2D eigenvalue weighted by Gasteiger charge is 2.30. The first-order valence-electron chi connectivity index (χ1n) is 9.78. The zero-order chi connectivity index (χ0) is 22.8. The van der Waals surface area contributed by atoms with Crippen molar-refractivity contribution in [1.82, 2.24) is 0 Å². The molecule has 0 amide bonds. The topological polar surface area (TPSA) is 54.0 Å². The average molecular weight is 455 g/mol. The molecule has 0 aromatic heterocycles. The Labute approximate surface area is 189 Å². The Morgan fingerprint density at radius 1 is 1.06 bits per heavy atom. The van der Waals surface area contributed by atoms with Gasteiger partial charge in [-0.1, -0.05) is 29.8 Å². The molecule has 0 fully saturated rings. The number of ether oxygens (including phenoxy) is 4. The Morgan fingerprint density at radius 3 is 2.59 bits per heavy atom. The van der Waals surface area contributed by atoms with Crippen molar-refractivity contribution in [1.29, 1.82) is 0 Å². The van der Waals surface area contributed by atoms with Crippen LogP contribution in [0.1, 0.15) is 27.0 Å². The maximum Gasteiger partial charge on any atom is 0.231 e. The SMILES string of the molecule is COc1cccc(/C=C2\Oc3c(ccc(OCc4ccc(F)cc4Cl)c3C)C2=O)c1OC. The highest BCUT2D eigenvalue weighted by Crippen LogP contribution is 2.41. The van der Waals surface area contributed by atoms with Crippen LogP contribution in [0.5, 0.6) is 23.0 Å². The summed E-state index contributed by atoms with van der Waals surface area (Å²) in [7, 11) is 3.08. The van der Waals surface area contributed by atoms with Gasteiger partial charge in [0.05, 0.1) is 24.8 Å². The summed E-state index contributed by atoms with van der Waals surface area (Å²) in [6, 6.07) is 12.9. The van der Waals surface area contributed by atoms with Crippen molar-refractivity contribution in [2.24, 2.45) is 0 Å². The van der Waals surface area contributed by atoms with Gasteiger partial charge < -0.3 is 18.9 Å². The first kappa shape index (κ1) is 21.7. The van der Waals surface area contributed by atoms with Gasteiger partial charge in [-0.15, -0.1) is 0 Å². The van der Waals surface area contributed by atoms with Gasteiger partial charge in [0.15, 0.2) is 17.3 Å². The van der Waals surface area contributed by atoms with E-state index in [0.717, 1.165) is 0 Å². The third-order valence-electron chi connectivity index (χ3n) is 5.15. The van der Waals surface area contributed by atoms with Gasteiger partial charge >= 0.3 is 0 Å². The number of rotatable bonds is 6. The maximum absolute atomic E-state index is 13.3. The second kappa shape index (κ2) is 8.93. The minimum absolute atomic E-state index is 0.149. The lowest BCUT2D eigenvalue weighted by Gasteiger charge is -2.12. The number of Topliss-reactive ketones (excluding diaryl/α,β-unsaturated/α-hetero) is 1. The second-order valence-corrected chi connectivity index (χ2v) is 7.52. The van der Waals surface area contributed by atoms with Crippen molar-refractivity contribution in [2.75, 3.05) is 14.2 Å². The number of ketones is 1. The van der Waals surface area contributed by atoms with Gasteiger partial charge in [0.25, 0.3) is 0 Å². The molecule has 1 aliphatic rings. The normalized spacial score (nSPS) is 13.7. The summed E-state index contributed by atoms with van der Waals surface area (Å²) in [5.74, 6) is 1.56. The van der Waals surface area contributed by atoms with E-state index in [1.165, 1.54) is 19.2 Å². The quantitative estimate of drug-likeness (QED) is 0.427. The van der Waals surface area contributed by atoms with E-state index in [1.54, 1.807) is 43.5 Å². The first-order chi connectivity index (χ1) is 15.4. The molecule has 0 saturated carbocycles. The summed E-state index contributed by atoms with van der Waals surface area (Å²) in [5.41, 5.74) is 2.43. The van der Waals surface area contributed by atoms with E-state index in [9.17, 15) is 9.18 Å². The summed E-state index contributed by atoms with van der Waals surface area (Å²) < 4.78 is 35.8. The van der Waals surface area contributed by atoms with Gasteiger partial charge in [-0.3, -0.25) is 4.79 Å². The number of methoxy groups -OCH3 is 2. The molecule has 0 bridgehead atoms. The molecule has 32 heavy (non-hydrogen) atoms. The van der Waals surface area contributed by atoms with Crippen molar-refractivity contribution in [2.45, 2.75) is 13.5 Å². The predicted molar refractivity (Wildman–Crippen MR) is 119 cm³/mol. The zero-order valence-corrected chi connectivity index (χ0v) is 18.5. The number of hydrogen-bond donors (Lipinski definition) is 0. The minimum Gasteiger partial charge on any atom is -0.493 e. The highest BCUT2D eigenvalue weighted by molar-refractivity contribution is 6.31. The molecule has 0 radical (unpaired) electrons. The van der Waals surface area contributed by atoms with Crippen molar-refractivity contribution in [3.05, 3.63) is 87.4 Å². The largest absolute Gasteiger partial charge is 0.493 e. The minimum atomic E-state index is -0.411. The fourth-order valence-corrected chi connectivity index (χ4v) is 3.71. The van der Waals surface area contributed by atoms with Crippen LogP contribution in [0.3, 0.4) is 0 Å². The van der Waals surface area contributed by atoms with Gasteiger partial charge in [-0.25, -0.2) is 4.39 Å². The molecular formula is C25H20ClFO5. The van der Waals surface area contributed by atoms with Crippen LogP contribution in [0.15, 0.2) is 54.3 Å². The number of benzene rings is 3. The number of hydrogen-bond acceptors (Lipinski definition) is 5. The van der Waals surface area contributed by atoms with Crippen LogP contribution in [0.2, 0.25) is 5.02 Å². The van der Waals surface area contributed by atoms with Gasteiger partial charge in [0.2, 0.25) is 5.78 Å². The second-order valence-electron chi connectivity index (χ2n) is 7.11. The Balaban J connectivity index is 1.61. The zero-order valence-electron chi connectivity index (χ0n) is 17.7. The molecule has 164 valence electrons. The van der Waals surface area contributed by atoms with Crippen molar-refractivity contribution >= 4 is 23.5 Å². The summed E-state index contributed by atoms with van der Waals surface area (Å²) in [6.45, 7) is 1.96. The van der Waals surface area contributed by atoms with Crippen LogP contribution in [-0.2, 0) is 6.61 Å². The number of halogens is 2. The lowest BCUT2D eigenvalue weighted by molar-refractivity contribution is 0.101. The molecule has 0 atom stereocenters. The Kier molecular flexibility index (Phi) is 6.06. The number of para-hydroxylation sites is 1. The van der Waals surface area contributed by atoms with Gasteiger partial charge in [-0.2, -0.15) is 0 Å². The molecule has 0 aliphatic carbocycles. The highest BCUT2D eigenvalue weighted by atomic mass is 35.5. The molecule has 3 aromatic carbocycles. The van der Waals surface area contributed by atoms with Crippen LogP contribution in [0, 0.1) is 12.7 Å². The van der Waals surface area contributed by atoms with Crippen LogP contribution in [0.25, 0.3) is 6.08 Å². The molecule has 1 heterocycles. The molecule has 0 spiro atoms. The molecule has 0 saturated heterocycles. The monoisotopic (exact) mass is 454 g/mol. The number of carbonyl (C=O) groups excluding carboxylic acids is 1. The predicted octanol–water partition coefficient (Wildman–Crippen LogP) is 6.00. The van der Waals surface area contributed by atoms with Gasteiger partial charge in [0, 0.05) is 16.7 Å². The van der Waals surface area contributed by atoms with Crippen molar-refractivity contribution in [3.8, 4) is 23.0 Å².